The highest BCUT2D eigenvalue weighted by molar-refractivity contribution is 5.60. The molecule has 1 aliphatic heterocycles. The Morgan fingerprint density at radius 3 is 2.41 bits per heavy atom. The van der Waals surface area contributed by atoms with Crippen LogP contribution in [0.4, 0.5) is 5.82 Å². The van der Waals surface area contributed by atoms with E-state index in [0.717, 1.165) is 67.8 Å². The zero-order valence-corrected chi connectivity index (χ0v) is 19.5. The molecule has 0 bridgehead atoms. The predicted molar refractivity (Wildman–Crippen MR) is 128 cm³/mol. The van der Waals surface area contributed by atoms with Crippen LogP contribution in [0.25, 0.3) is 11.4 Å². The number of benzene rings is 1. The van der Waals surface area contributed by atoms with Crippen molar-refractivity contribution in [3.8, 4) is 17.1 Å². The first kappa shape index (κ1) is 22.2. The molecule has 0 spiro atoms. The average molecular weight is 433 g/mol. The highest BCUT2D eigenvalue weighted by atomic mass is 16.5. The lowest BCUT2D eigenvalue weighted by atomic mass is 10.0. The second-order valence-electron chi connectivity index (χ2n) is 8.57. The topological polar surface area (TPSA) is 57.6 Å². The van der Waals surface area contributed by atoms with E-state index in [2.05, 4.69) is 53.0 Å². The van der Waals surface area contributed by atoms with Gasteiger partial charge in [-0.05, 0) is 43.9 Å². The van der Waals surface area contributed by atoms with Gasteiger partial charge in [0.05, 0.1) is 12.8 Å². The lowest BCUT2D eigenvalue weighted by Crippen LogP contribution is -2.35. The van der Waals surface area contributed by atoms with Gasteiger partial charge in [-0.2, -0.15) is 0 Å². The van der Waals surface area contributed by atoms with E-state index in [4.69, 9.17) is 14.7 Å². The summed E-state index contributed by atoms with van der Waals surface area (Å²) in [5, 5.41) is 0. The van der Waals surface area contributed by atoms with Crippen LogP contribution in [-0.4, -0.2) is 72.6 Å². The van der Waals surface area contributed by atoms with Crippen LogP contribution in [-0.2, 0) is 19.5 Å². The molecule has 1 aliphatic rings. The Kier molecular flexibility index (Phi) is 6.97. The lowest BCUT2D eigenvalue weighted by molar-refractivity contribution is 0.243. The largest absolute Gasteiger partial charge is 0.497 e. The van der Waals surface area contributed by atoms with Gasteiger partial charge in [0.25, 0.3) is 0 Å². The van der Waals surface area contributed by atoms with Crippen LogP contribution in [0.5, 0.6) is 5.75 Å². The highest BCUT2D eigenvalue weighted by Gasteiger charge is 2.24. The van der Waals surface area contributed by atoms with Crippen molar-refractivity contribution in [3.63, 3.8) is 0 Å². The van der Waals surface area contributed by atoms with Crippen LogP contribution in [0.1, 0.15) is 16.8 Å². The number of nitrogens with zero attached hydrogens (tertiary/aromatic N) is 6. The molecule has 0 saturated carbocycles. The molecule has 0 amide bonds. The van der Waals surface area contributed by atoms with Crippen LogP contribution >= 0.6 is 0 Å². The van der Waals surface area contributed by atoms with Gasteiger partial charge in [0, 0.05) is 69.7 Å². The summed E-state index contributed by atoms with van der Waals surface area (Å²) in [6.45, 7) is 4.60. The fourth-order valence-corrected chi connectivity index (χ4v) is 3.98. The van der Waals surface area contributed by atoms with Crippen molar-refractivity contribution < 1.29 is 4.74 Å². The molecule has 0 aliphatic carbocycles. The van der Waals surface area contributed by atoms with Crippen molar-refractivity contribution in [1.82, 2.24) is 24.8 Å². The van der Waals surface area contributed by atoms with Crippen molar-refractivity contribution in [2.24, 2.45) is 0 Å². The van der Waals surface area contributed by atoms with Crippen molar-refractivity contribution >= 4 is 5.82 Å². The molecular formula is C25H32N6O. The molecule has 7 nitrogen and oxygen atoms in total. The quantitative estimate of drug-likeness (QED) is 0.542. The second kappa shape index (κ2) is 10.1. The Morgan fingerprint density at radius 2 is 1.72 bits per heavy atom. The maximum absolute atomic E-state index is 5.29. The Bertz CT molecular complexity index is 1020. The molecule has 0 atom stereocenters. The third kappa shape index (κ3) is 5.23. The predicted octanol–water partition coefficient (Wildman–Crippen LogP) is 3.10. The summed E-state index contributed by atoms with van der Waals surface area (Å²) in [4.78, 5) is 21.1. The van der Waals surface area contributed by atoms with Gasteiger partial charge in [0.15, 0.2) is 5.82 Å². The number of hydrogen-bond acceptors (Lipinski definition) is 7. The number of likely N-dealkylation sites (N-methyl/N-ethyl adjacent to an activating group) is 2. The second-order valence-corrected chi connectivity index (χ2v) is 8.57. The molecule has 168 valence electrons. The monoisotopic (exact) mass is 432 g/mol. The Morgan fingerprint density at radius 1 is 0.969 bits per heavy atom. The molecule has 3 aromatic rings. The van der Waals surface area contributed by atoms with Crippen molar-refractivity contribution in [3.05, 3.63) is 65.6 Å². The molecule has 2 aromatic heterocycles. The minimum Gasteiger partial charge on any atom is -0.497 e. The molecule has 0 saturated heterocycles. The van der Waals surface area contributed by atoms with E-state index in [1.807, 2.05) is 24.3 Å². The summed E-state index contributed by atoms with van der Waals surface area (Å²) in [6, 6.07) is 12.3. The first-order chi connectivity index (χ1) is 15.5. The molecule has 0 fully saturated rings. The number of fused-ring (bicyclic) bond motifs is 1. The van der Waals surface area contributed by atoms with Crippen molar-refractivity contribution in [1.29, 1.82) is 0 Å². The fraction of sp³-hybridized carbons (Fsp3) is 0.400. The molecule has 0 unspecified atom stereocenters. The highest BCUT2D eigenvalue weighted by Crippen LogP contribution is 2.30. The number of methoxy groups -OCH3 is 1. The first-order valence-corrected chi connectivity index (χ1v) is 11.0. The number of pyridine rings is 1. The Balaban J connectivity index is 1.62. The van der Waals surface area contributed by atoms with Gasteiger partial charge in [-0.3, -0.25) is 9.88 Å². The van der Waals surface area contributed by atoms with Gasteiger partial charge in [-0.15, -0.1) is 0 Å². The number of aromatic nitrogens is 3. The van der Waals surface area contributed by atoms with Gasteiger partial charge >= 0.3 is 0 Å². The van der Waals surface area contributed by atoms with Gasteiger partial charge in [0.1, 0.15) is 11.6 Å². The van der Waals surface area contributed by atoms with E-state index in [9.17, 15) is 0 Å². The van der Waals surface area contributed by atoms with E-state index in [1.165, 1.54) is 11.1 Å². The molecule has 32 heavy (non-hydrogen) atoms. The average Bonchev–Trinajstić information content (AvgIpc) is 2.83. The summed E-state index contributed by atoms with van der Waals surface area (Å²) < 4.78 is 5.29. The van der Waals surface area contributed by atoms with Gasteiger partial charge in [-0.25, -0.2) is 9.97 Å². The fourth-order valence-electron chi connectivity index (χ4n) is 3.98. The van der Waals surface area contributed by atoms with E-state index < -0.39 is 0 Å². The minimum atomic E-state index is 0.779. The van der Waals surface area contributed by atoms with Crippen LogP contribution in [0.15, 0.2) is 48.8 Å². The molecule has 3 heterocycles. The van der Waals surface area contributed by atoms with Crippen LogP contribution in [0.2, 0.25) is 0 Å². The number of hydrogen-bond donors (Lipinski definition) is 0. The number of anilines is 1. The molecule has 4 rings (SSSR count). The van der Waals surface area contributed by atoms with E-state index in [0.29, 0.717) is 0 Å². The normalized spacial score (nSPS) is 13.8. The van der Waals surface area contributed by atoms with Gasteiger partial charge < -0.3 is 14.5 Å². The third-order valence-electron chi connectivity index (χ3n) is 5.87. The molecule has 0 radical (unpaired) electrons. The maximum Gasteiger partial charge on any atom is 0.161 e. The number of rotatable bonds is 8. The van der Waals surface area contributed by atoms with E-state index >= 15 is 0 Å². The zero-order chi connectivity index (χ0) is 22.5. The maximum atomic E-state index is 5.29. The minimum absolute atomic E-state index is 0.779. The summed E-state index contributed by atoms with van der Waals surface area (Å²) in [6.07, 6.45) is 4.51. The van der Waals surface area contributed by atoms with Crippen LogP contribution in [0, 0.1) is 0 Å². The van der Waals surface area contributed by atoms with Crippen molar-refractivity contribution in [2.75, 3.05) is 52.8 Å². The van der Waals surface area contributed by atoms with E-state index in [1.54, 1.807) is 19.5 Å². The van der Waals surface area contributed by atoms with Gasteiger partial charge in [0.2, 0.25) is 0 Å². The molecular weight excluding hydrogens is 400 g/mol. The summed E-state index contributed by atoms with van der Waals surface area (Å²) in [5.74, 6) is 2.70. The molecule has 0 N–H and O–H groups in total. The third-order valence-corrected chi connectivity index (χ3v) is 5.87. The van der Waals surface area contributed by atoms with Crippen LogP contribution < -0.4 is 9.64 Å². The first-order valence-electron chi connectivity index (χ1n) is 11.0. The summed E-state index contributed by atoms with van der Waals surface area (Å²) in [5.41, 5.74) is 4.69. The zero-order valence-electron chi connectivity index (χ0n) is 19.5. The van der Waals surface area contributed by atoms with Crippen molar-refractivity contribution in [2.45, 2.75) is 19.5 Å². The number of ether oxygens (including phenoxy) is 1. The molecule has 7 heteroatoms. The Labute approximate surface area is 190 Å². The summed E-state index contributed by atoms with van der Waals surface area (Å²) in [7, 11) is 8.03. The van der Waals surface area contributed by atoms with Crippen LogP contribution in [0.3, 0.4) is 0 Å². The van der Waals surface area contributed by atoms with Gasteiger partial charge in [-0.1, -0.05) is 12.1 Å². The molecule has 1 aromatic carbocycles. The summed E-state index contributed by atoms with van der Waals surface area (Å²) >= 11 is 0. The smallest absolute Gasteiger partial charge is 0.161 e. The SMILES string of the molecule is COc1ccc(CN2CCc3nc(-c4ccncc4)nc(N(C)CCN(C)C)c3C2)cc1. The standard InChI is InChI=1S/C25H32N6O/c1-29(2)15-16-30(3)25-22-18-31(17-19-5-7-21(32-4)8-6-19)14-11-23(22)27-24(28-25)20-9-12-26-13-10-20/h5-10,12-13H,11,14-18H2,1-4H3. The van der Waals surface area contributed by atoms with E-state index in [-0.39, 0.29) is 0 Å². The Hall–Kier alpha value is -3.03. The lowest BCUT2D eigenvalue weighted by Gasteiger charge is -2.32.